The van der Waals surface area contributed by atoms with E-state index in [4.69, 9.17) is 0 Å². The Kier molecular flexibility index (Phi) is 5.47. The molecule has 2 aliphatic rings. The minimum Gasteiger partial charge on any atom is -0.323 e. The van der Waals surface area contributed by atoms with E-state index in [1.165, 1.54) is 0 Å². The Hall–Kier alpha value is -2.22. The van der Waals surface area contributed by atoms with Gasteiger partial charge < -0.3 is 9.80 Å². The van der Waals surface area contributed by atoms with Gasteiger partial charge in [-0.05, 0) is 32.8 Å². The van der Waals surface area contributed by atoms with E-state index in [1.54, 1.807) is 18.5 Å². The highest BCUT2D eigenvalue weighted by atomic mass is 16.2. The topological polar surface area (TPSA) is 81.7 Å². The molecule has 3 heterocycles. The fourth-order valence-corrected chi connectivity index (χ4v) is 3.56. The second-order valence-electron chi connectivity index (χ2n) is 6.56. The zero-order valence-corrected chi connectivity index (χ0v) is 14.9. The van der Waals surface area contributed by atoms with Crippen LogP contribution in [0.15, 0.2) is 18.5 Å². The van der Waals surface area contributed by atoms with E-state index in [0.717, 1.165) is 45.6 Å². The van der Waals surface area contributed by atoms with Crippen LogP contribution < -0.4 is 5.32 Å². The largest absolute Gasteiger partial charge is 0.323 e. The minimum absolute atomic E-state index is 0.0981. The van der Waals surface area contributed by atoms with Crippen LogP contribution in [0.4, 0.5) is 10.7 Å². The summed E-state index contributed by atoms with van der Waals surface area (Å²) in [5.74, 6) is 0.232. The van der Waals surface area contributed by atoms with Gasteiger partial charge in [-0.25, -0.2) is 14.8 Å². The number of carbonyl (C=O) groups is 2. The van der Waals surface area contributed by atoms with Crippen molar-refractivity contribution in [2.75, 3.05) is 38.0 Å². The summed E-state index contributed by atoms with van der Waals surface area (Å²) in [6.07, 6.45) is 5.02. The first-order valence-electron chi connectivity index (χ1n) is 8.97. The molecular weight excluding hydrogens is 320 g/mol. The van der Waals surface area contributed by atoms with E-state index in [1.807, 2.05) is 23.6 Å². The molecule has 1 aromatic heterocycles. The molecule has 8 nitrogen and oxygen atoms in total. The second kappa shape index (κ2) is 7.77. The molecule has 1 aromatic rings. The first-order valence-corrected chi connectivity index (χ1v) is 8.97. The quantitative estimate of drug-likeness (QED) is 0.861. The van der Waals surface area contributed by atoms with Gasteiger partial charge in [0.2, 0.25) is 11.9 Å². The molecule has 1 N–H and O–H groups in total. The molecule has 1 atom stereocenters. The third-order valence-corrected chi connectivity index (χ3v) is 5.18. The zero-order valence-electron chi connectivity index (χ0n) is 14.9. The second-order valence-corrected chi connectivity index (χ2v) is 6.56. The van der Waals surface area contributed by atoms with Gasteiger partial charge in [0.25, 0.3) is 0 Å². The van der Waals surface area contributed by atoms with Crippen molar-refractivity contribution in [3.05, 3.63) is 18.5 Å². The number of piperidine rings is 1. The summed E-state index contributed by atoms with van der Waals surface area (Å²) >= 11 is 0. The fourth-order valence-electron chi connectivity index (χ4n) is 3.56. The van der Waals surface area contributed by atoms with Crippen LogP contribution in [0.25, 0.3) is 0 Å². The molecule has 0 radical (unpaired) electrons. The molecule has 0 bridgehead atoms. The van der Waals surface area contributed by atoms with Gasteiger partial charge in [-0.2, -0.15) is 0 Å². The normalized spacial score (nSPS) is 20.8. The van der Waals surface area contributed by atoms with Gasteiger partial charge >= 0.3 is 6.03 Å². The lowest BCUT2D eigenvalue weighted by Crippen LogP contribution is -2.51. The van der Waals surface area contributed by atoms with Gasteiger partial charge in [0.05, 0.1) is 6.04 Å². The van der Waals surface area contributed by atoms with Gasteiger partial charge in [0, 0.05) is 51.2 Å². The van der Waals surface area contributed by atoms with Crippen molar-refractivity contribution < 1.29 is 9.59 Å². The monoisotopic (exact) mass is 346 g/mol. The average Bonchev–Trinajstić information content (AvgIpc) is 3.02. The van der Waals surface area contributed by atoms with Crippen LogP contribution in [-0.4, -0.2) is 81.4 Å². The highest BCUT2D eigenvalue weighted by Crippen LogP contribution is 2.22. The maximum atomic E-state index is 12.4. The number of carbonyl (C=O) groups excluding carboxylic acids is 2. The molecule has 2 aliphatic heterocycles. The number of urea groups is 1. The molecule has 0 aliphatic carbocycles. The molecule has 0 saturated carbocycles. The Balaban J connectivity index is 1.50. The maximum absolute atomic E-state index is 12.4. The van der Waals surface area contributed by atoms with Gasteiger partial charge in [0.1, 0.15) is 0 Å². The van der Waals surface area contributed by atoms with Crippen LogP contribution in [0.5, 0.6) is 0 Å². The van der Waals surface area contributed by atoms with Crippen LogP contribution in [0.2, 0.25) is 0 Å². The number of likely N-dealkylation sites (tertiary alicyclic amines) is 1. The van der Waals surface area contributed by atoms with E-state index in [9.17, 15) is 9.59 Å². The van der Waals surface area contributed by atoms with Crippen molar-refractivity contribution in [1.82, 2.24) is 24.7 Å². The molecule has 2 saturated heterocycles. The van der Waals surface area contributed by atoms with Crippen LogP contribution in [-0.2, 0) is 4.79 Å². The zero-order chi connectivity index (χ0) is 17.8. The summed E-state index contributed by atoms with van der Waals surface area (Å²) in [5, 5.41) is 2.75. The summed E-state index contributed by atoms with van der Waals surface area (Å²) in [6, 6.07) is 1.91. The molecule has 25 heavy (non-hydrogen) atoms. The van der Waals surface area contributed by atoms with Crippen molar-refractivity contribution in [2.45, 2.75) is 38.8 Å². The number of nitrogens with zero attached hydrogens (tertiary/aromatic N) is 5. The number of hydrogen-bond donors (Lipinski definition) is 1. The van der Waals surface area contributed by atoms with E-state index >= 15 is 0 Å². The molecule has 2 fully saturated rings. The lowest BCUT2D eigenvalue weighted by molar-refractivity contribution is -0.121. The molecule has 3 amide bonds. The first kappa shape index (κ1) is 17.6. The van der Waals surface area contributed by atoms with Crippen LogP contribution in [0.3, 0.4) is 0 Å². The number of likely N-dealkylation sites (N-methyl/N-ethyl adjacent to an activating group) is 1. The number of aromatic nitrogens is 2. The van der Waals surface area contributed by atoms with Gasteiger partial charge in [-0.3, -0.25) is 15.0 Å². The average molecular weight is 346 g/mol. The Morgan fingerprint density at radius 1 is 1.24 bits per heavy atom. The molecule has 3 rings (SSSR count). The summed E-state index contributed by atoms with van der Waals surface area (Å²) in [4.78, 5) is 38.8. The summed E-state index contributed by atoms with van der Waals surface area (Å²) in [5.41, 5.74) is 0. The van der Waals surface area contributed by atoms with Gasteiger partial charge in [-0.15, -0.1) is 0 Å². The molecule has 0 aromatic carbocycles. The highest BCUT2D eigenvalue weighted by molar-refractivity contribution is 5.93. The van der Waals surface area contributed by atoms with E-state index in [0.29, 0.717) is 5.95 Å². The van der Waals surface area contributed by atoms with E-state index in [2.05, 4.69) is 20.2 Å². The lowest BCUT2D eigenvalue weighted by atomic mass is 10.0. The third-order valence-electron chi connectivity index (χ3n) is 5.18. The number of nitrogens with one attached hydrogen (secondary N) is 1. The Bertz CT molecular complexity index is 602. The first-order chi connectivity index (χ1) is 12.1. The Morgan fingerprint density at radius 3 is 2.52 bits per heavy atom. The third kappa shape index (κ3) is 3.89. The Labute approximate surface area is 148 Å². The predicted octanol–water partition coefficient (Wildman–Crippen LogP) is 1.03. The van der Waals surface area contributed by atoms with Gasteiger partial charge in [0.15, 0.2) is 0 Å². The smallest absolute Gasteiger partial charge is 0.320 e. The van der Waals surface area contributed by atoms with Crippen molar-refractivity contribution >= 4 is 17.9 Å². The molecule has 136 valence electrons. The van der Waals surface area contributed by atoms with Crippen molar-refractivity contribution in [3.63, 3.8) is 0 Å². The number of rotatable bonds is 5. The number of anilines is 1. The molecular formula is C17H26N6O2. The SMILES string of the molecule is CCN1CCN(C2CCN([C@H](C)C(=O)Nc3ncccn3)CC2)C1=O. The van der Waals surface area contributed by atoms with Crippen molar-refractivity contribution in [2.24, 2.45) is 0 Å². The fraction of sp³-hybridized carbons (Fsp3) is 0.647. The maximum Gasteiger partial charge on any atom is 0.320 e. The molecule has 8 heteroatoms. The van der Waals surface area contributed by atoms with Crippen LogP contribution in [0.1, 0.15) is 26.7 Å². The number of hydrogen-bond acceptors (Lipinski definition) is 5. The van der Waals surface area contributed by atoms with E-state index in [-0.39, 0.29) is 24.0 Å². The summed E-state index contributed by atoms with van der Waals surface area (Å²) in [7, 11) is 0. The Morgan fingerprint density at radius 2 is 1.92 bits per heavy atom. The van der Waals surface area contributed by atoms with Crippen LogP contribution >= 0.6 is 0 Å². The molecule has 0 unspecified atom stereocenters. The molecule has 0 spiro atoms. The standard InChI is InChI=1S/C17H26N6O2/c1-3-21-11-12-23(17(21)25)14-5-9-22(10-6-14)13(2)15(24)20-16-18-7-4-8-19-16/h4,7-8,13-14H,3,5-6,9-12H2,1-2H3,(H,18,19,20,24)/t13-/m1/s1. The predicted molar refractivity (Wildman–Crippen MR) is 94.1 cm³/mol. The van der Waals surface area contributed by atoms with Crippen molar-refractivity contribution in [1.29, 1.82) is 0 Å². The van der Waals surface area contributed by atoms with Gasteiger partial charge in [-0.1, -0.05) is 0 Å². The van der Waals surface area contributed by atoms with Crippen LogP contribution in [0, 0.1) is 0 Å². The number of amides is 3. The lowest BCUT2D eigenvalue weighted by Gasteiger charge is -2.38. The highest BCUT2D eigenvalue weighted by Gasteiger charge is 2.36. The minimum atomic E-state index is -0.244. The summed E-state index contributed by atoms with van der Waals surface area (Å²) in [6.45, 7) is 7.95. The summed E-state index contributed by atoms with van der Waals surface area (Å²) < 4.78 is 0. The van der Waals surface area contributed by atoms with E-state index < -0.39 is 0 Å². The van der Waals surface area contributed by atoms with Crippen molar-refractivity contribution in [3.8, 4) is 0 Å².